The summed E-state index contributed by atoms with van der Waals surface area (Å²) in [5.41, 5.74) is 4.02. The first kappa shape index (κ1) is 27.0. The van der Waals surface area contributed by atoms with Gasteiger partial charge in [-0.2, -0.15) is 5.06 Å². The predicted molar refractivity (Wildman–Crippen MR) is 143 cm³/mol. The van der Waals surface area contributed by atoms with Crippen molar-refractivity contribution in [2.45, 2.75) is 33.3 Å². The first-order valence-corrected chi connectivity index (χ1v) is 13.3. The lowest BCUT2D eigenvalue weighted by molar-refractivity contribution is -0.131. The molecule has 0 saturated carbocycles. The molecule has 0 aliphatic carbocycles. The molecule has 2 aromatic carbocycles. The van der Waals surface area contributed by atoms with Gasteiger partial charge >= 0.3 is 0 Å². The van der Waals surface area contributed by atoms with Gasteiger partial charge in [-0.15, -0.1) is 21.5 Å². The number of hydroxylamine groups is 2. The quantitative estimate of drug-likeness (QED) is 0.240. The smallest absolute Gasteiger partial charge is 0.232 e. The van der Waals surface area contributed by atoms with Gasteiger partial charge in [-0.25, -0.2) is 8.78 Å². The third-order valence-electron chi connectivity index (χ3n) is 6.12. The second kappa shape index (κ2) is 11.1. The van der Waals surface area contributed by atoms with Crippen molar-refractivity contribution in [3.05, 3.63) is 87.2 Å². The summed E-state index contributed by atoms with van der Waals surface area (Å²) in [4.78, 5) is 20.8. The molecule has 4 rings (SSSR count). The van der Waals surface area contributed by atoms with E-state index in [9.17, 15) is 13.6 Å². The fourth-order valence-corrected chi connectivity index (χ4v) is 5.93. The van der Waals surface area contributed by atoms with E-state index in [1.54, 1.807) is 18.9 Å². The van der Waals surface area contributed by atoms with E-state index >= 15 is 0 Å². The number of thiophene rings is 1. The summed E-state index contributed by atoms with van der Waals surface area (Å²) >= 11 is 2.70. The molecule has 0 aliphatic rings. The Morgan fingerprint density at radius 2 is 1.84 bits per heavy atom. The average molecular weight is 543 g/mol. The van der Waals surface area contributed by atoms with Gasteiger partial charge in [-0.05, 0) is 53.4 Å². The van der Waals surface area contributed by atoms with Crippen LogP contribution in [0.3, 0.4) is 0 Å². The first-order chi connectivity index (χ1) is 17.5. The second-order valence-corrected chi connectivity index (χ2v) is 11.4. The van der Waals surface area contributed by atoms with Gasteiger partial charge in [-0.3, -0.25) is 9.63 Å². The topological polar surface area (TPSA) is 67.3 Å². The monoisotopic (exact) mass is 542 g/mol. The van der Waals surface area contributed by atoms with Crippen LogP contribution in [-0.4, -0.2) is 35.3 Å². The van der Waals surface area contributed by atoms with Crippen LogP contribution in [0.15, 0.2) is 54.0 Å². The Balaban J connectivity index is 1.71. The van der Waals surface area contributed by atoms with E-state index in [0.29, 0.717) is 17.3 Å². The maximum absolute atomic E-state index is 14.3. The molecule has 4 aromatic rings. The van der Waals surface area contributed by atoms with Crippen LogP contribution in [0.2, 0.25) is 0 Å². The molecule has 1 unspecified atom stereocenters. The lowest BCUT2D eigenvalue weighted by Gasteiger charge is -2.32. The van der Waals surface area contributed by atoms with Crippen LogP contribution in [-0.2, 0) is 16.2 Å². The van der Waals surface area contributed by atoms with Crippen LogP contribution >= 0.6 is 22.7 Å². The zero-order valence-corrected chi connectivity index (χ0v) is 22.8. The van der Waals surface area contributed by atoms with Crippen LogP contribution in [0, 0.1) is 24.0 Å². The van der Waals surface area contributed by atoms with Crippen LogP contribution in [0.25, 0.3) is 10.4 Å². The number of hydrogen-bond donors (Lipinski definition) is 1. The van der Waals surface area contributed by atoms with Crippen molar-refractivity contribution < 1.29 is 18.4 Å². The SMILES string of the molecule is Cc1cc(-c2ccc(C(c3cc(F)cc(F)c3)C(C)(C)C(=O)Nc3nncs3)s2)ccc1CON(C)C. The molecule has 10 heteroatoms. The van der Waals surface area contributed by atoms with Crippen molar-refractivity contribution in [1.82, 2.24) is 15.3 Å². The molecule has 2 heterocycles. The van der Waals surface area contributed by atoms with Gasteiger partial charge in [-0.1, -0.05) is 43.4 Å². The van der Waals surface area contributed by atoms with Crippen molar-refractivity contribution in [3.63, 3.8) is 0 Å². The fourth-order valence-electron chi connectivity index (χ4n) is 4.17. The Hall–Kier alpha value is -3.05. The highest BCUT2D eigenvalue weighted by Crippen LogP contribution is 2.46. The first-order valence-electron chi connectivity index (χ1n) is 11.6. The van der Waals surface area contributed by atoms with Gasteiger partial charge in [0.25, 0.3) is 0 Å². The molecule has 1 N–H and O–H groups in total. The number of halogens is 2. The fraction of sp³-hybridized carbons (Fsp3) is 0.296. The molecule has 0 saturated heterocycles. The number of benzene rings is 2. The Kier molecular flexibility index (Phi) is 8.13. The average Bonchev–Trinajstić information content (AvgIpc) is 3.50. The number of aromatic nitrogens is 2. The maximum Gasteiger partial charge on any atom is 0.232 e. The Bertz CT molecular complexity index is 1370. The number of nitrogens with zero attached hydrogens (tertiary/aromatic N) is 3. The van der Waals surface area contributed by atoms with E-state index in [4.69, 9.17) is 4.84 Å². The largest absolute Gasteiger partial charge is 0.300 e. The number of carbonyl (C=O) groups is 1. The summed E-state index contributed by atoms with van der Waals surface area (Å²) in [6.07, 6.45) is 0. The number of rotatable bonds is 9. The standard InChI is InChI=1S/C27H28F2N4O2S2/c1-16-10-17(6-7-18(16)14-35-33(4)5)22-8-9-23(37-22)24(19-11-20(28)13-21(29)12-19)27(2,3)25(34)31-26-32-30-15-36-26/h6-13,15,24H,14H2,1-5H3,(H,31,32,34). The molecular formula is C27H28F2N4O2S2. The molecule has 0 radical (unpaired) electrons. The lowest BCUT2D eigenvalue weighted by atomic mass is 9.73. The van der Waals surface area contributed by atoms with Gasteiger partial charge in [0.15, 0.2) is 0 Å². The van der Waals surface area contributed by atoms with Crippen LogP contribution < -0.4 is 5.32 Å². The molecule has 0 aliphatic heterocycles. The number of amides is 1. The summed E-state index contributed by atoms with van der Waals surface area (Å²) in [6.45, 7) is 6.03. The van der Waals surface area contributed by atoms with Crippen molar-refractivity contribution in [1.29, 1.82) is 0 Å². The minimum Gasteiger partial charge on any atom is -0.300 e. The molecule has 1 atom stereocenters. The van der Waals surface area contributed by atoms with E-state index in [-0.39, 0.29) is 5.91 Å². The lowest BCUT2D eigenvalue weighted by Crippen LogP contribution is -2.36. The van der Waals surface area contributed by atoms with E-state index in [2.05, 4.69) is 21.6 Å². The zero-order chi connectivity index (χ0) is 26.7. The molecular weight excluding hydrogens is 514 g/mol. The molecule has 37 heavy (non-hydrogen) atoms. The number of hydrogen-bond acceptors (Lipinski definition) is 7. The third kappa shape index (κ3) is 6.27. The minimum atomic E-state index is -1.07. The summed E-state index contributed by atoms with van der Waals surface area (Å²) in [5, 5.41) is 12.5. The van der Waals surface area contributed by atoms with Gasteiger partial charge in [0, 0.05) is 35.8 Å². The van der Waals surface area contributed by atoms with Crippen molar-refractivity contribution >= 4 is 33.7 Å². The summed E-state index contributed by atoms with van der Waals surface area (Å²) in [5.74, 6) is -2.32. The van der Waals surface area contributed by atoms with Crippen molar-refractivity contribution in [2.24, 2.45) is 5.41 Å². The molecule has 2 aromatic heterocycles. The van der Waals surface area contributed by atoms with E-state index in [1.807, 2.05) is 45.3 Å². The molecule has 194 valence electrons. The van der Waals surface area contributed by atoms with E-state index < -0.39 is 23.0 Å². The second-order valence-electron chi connectivity index (χ2n) is 9.48. The zero-order valence-electron chi connectivity index (χ0n) is 21.2. The van der Waals surface area contributed by atoms with Gasteiger partial charge in [0.05, 0.1) is 12.0 Å². The van der Waals surface area contributed by atoms with E-state index in [1.165, 1.54) is 40.3 Å². The molecule has 0 spiro atoms. The van der Waals surface area contributed by atoms with Gasteiger partial charge in [0.2, 0.25) is 11.0 Å². The number of carbonyl (C=O) groups excluding carboxylic acids is 1. The Morgan fingerprint density at radius 3 is 2.46 bits per heavy atom. The summed E-state index contributed by atoms with van der Waals surface area (Å²) in [7, 11) is 3.68. The Labute approximate surface area is 222 Å². The molecule has 0 fully saturated rings. The van der Waals surface area contributed by atoms with Crippen molar-refractivity contribution in [2.75, 3.05) is 19.4 Å². The highest BCUT2D eigenvalue weighted by atomic mass is 32.1. The maximum atomic E-state index is 14.3. The van der Waals surface area contributed by atoms with Crippen LogP contribution in [0.4, 0.5) is 13.9 Å². The Morgan fingerprint density at radius 1 is 1.11 bits per heavy atom. The predicted octanol–water partition coefficient (Wildman–Crippen LogP) is 6.64. The molecule has 1 amide bonds. The molecule has 0 bridgehead atoms. The molecule has 6 nitrogen and oxygen atoms in total. The highest BCUT2D eigenvalue weighted by molar-refractivity contribution is 7.15. The van der Waals surface area contributed by atoms with Gasteiger partial charge in [0.1, 0.15) is 17.1 Å². The number of aryl methyl sites for hydroxylation is 1. The minimum absolute atomic E-state index is 0.324. The summed E-state index contributed by atoms with van der Waals surface area (Å²) < 4.78 is 28.6. The van der Waals surface area contributed by atoms with Crippen molar-refractivity contribution in [3.8, 4) is 10.4 Å². The summed E-state index contributed by atoms with van der Waals surface area (Å²) in [6, 6.07) is 13.5. The highest BCUT2D eigenvalue weighted by Gasteiger charge is 2.40. The number of anilines is 1. The van der Waals surface area contributed by atoms with Crippen LogP contribution in [0.1, 0.15) is 41.3 Å². The normalized spacial score (nSPS) is 12.6. The number of nitrogens with one attached hydrogen (secondary N) is 1. The van der Waals surface area contributed by atoms with Crippen LogP contribution in [0.5, 0.6) is 0 Å². The van der Waals surface area contributed by atoms with Gasteiger partial charge < -0.3 is 5.32 Å². The van der Waals surface area contributed by atoms with E-state index in [0.717, 1.165) is 32.5 Å². The third-order valence-corrected chi connectivity index (χ3v) is 7.93.